The van der Waals surface area contributed by atoms with Crippen molar-refractivity contribution in [1.82, 2.24) is 16.0 Å². The smallest absolute Gasteiger partial charge is 0.251 e. The van der Waals surface area contributed by atoms with Gasteiger partial charge in [0.05, 0.1) is 26.4 Å². The summed E-state index contributed by atoms with van der Waals surface area (Å²) in [6.07, 6.45) is 0. The van der Waals surface area contributed by atoms with E-state index in [1.54, 1.807) is 24.3 Å². The van der Waals surface area contributed by atoms with Crippen molar-refractivity contribution in [2.45, 2.75) is 13.8 Å². The topological polar surface area (TPSA) is 97.9 Å². The maximum absolute atomic E-state index is 12.0. The lowest BCUT2D eigenvalue weighted by Crippen LogP contribution is -2.30. The maximum atomic E-state index is 12.0. The molecule has 0 saturated heterocycles. The van der Waals surface area contributed by atoms with Gasteiger partial charge in [-0.25, -0.2) is 0 Å². The molecule has 166 valence electrons. The number of hydrogen-bond donors (Lipinski definition) is 3. The predicted molar refractivity (Wildman–Crippen MR) is 115 cm³/mol. The zero-order valence-corrected chi connectivity index (χ0v) is 18.1. The van der Waals surface area contributed by atoms with Gasteiger partial charge in [0.25, 0.3) is 5.91 Å². The fourth-order valence-corrected chi connectivity index (χ4v) is 2.18. The Hall–Kier alpha value is -2.60. The first-order valence-electron chi connectivity index (χ1n) is 10.1. The van der Waals surface area contributed by atoms with E-state index in [4.69, 9.17) is 14.2 Å². The number of rotatable bonds is 14. The minimum absolute atomic E-state index is 0.0214. The van der Waals surface area contributed by atoms with Crippen LogP contribution in [0.3, 0.4) is 0 Å². The zero-order chi connectivity index (χ0) is 22.0. The zero-order valence-electron chi connectivity index (χ0n) is 18.1. The minimum atomic E-state index is -0.203. The van der Waals surface area contributed by atoms with Crippen LogP contribution in [0, 0.1) is 17.8 Å². The van der Waals surface area contributed by atoms with Gasteiger partial charge < -0.3 is 30.2 Å². The molecule has 1 aromatic rings. The van der Waals surface area contributed by atoms with Crippen LogP contribution in [0.1, 0.15) is 24.2 Å². The van der Waals surface area contributed by atoms with Gasteiger partial charge in [-0.2, -0.15) is 0 Å². The second kappa shape index (κ2) is 16.2. The van der Waals surface area contributed by atoms with Gasteiger partial charge in [-0.1, -0.05) is 31.8 Å². The Morgan fingerprint density at radius 3 is 2.57 bits per heavy atom. The van der Waals surface area contributed by atoms with Crippen LogP contribution < -0.4 is 20.7 Å². The van der Waals surface area contributed by atoms with Crippen molar-refractivity contribution in [3.63, 3.8) is 0 Å². The number of ether oxygens (including phenoxy) is 3. The quantitative estimate of drug-likeness (QED) is 0.305. The van der Waals surface area contributed by atoms with Crippen LogP contribution in [0.5, 0.6) is 5.75 Å². The number of amides is 2. The molecule has 2 amide bonds. The Morgan fingerprint density at radius 2 is 1.80 bits per heavy atom. The summed E-state index contributed by atoms with van der Waals surface area (Å²) in [4.78, 5) is 23.6. The predicted octanol–water partition coefficient (Wildman–Crippen LogP) is 0.823. The van der Waals surface area contributed by atoms with Crippen molar-refractivity contribution in [1.29, 1.82) is 0 Å². The van der Waals surface area contributed by atoms with Crippen molar-refractivity contribution < 1.29 is 23.8 Å². The lowest BCUT2D eigenvalue weighted by molar-refractivity contribution is -0.126. The largest absolute Gasteiger partial charge is 0.491 e. The molecule has 0 aliphatic rings. The van der Waals surface area contributed by atoms with Crippen molar-refractivity contribution in [2.75, 3.05) is 59.7 Å². The molecule has 0 bridgehead atoms. The molecule has 0 unspecified atom stereocenters. The third-order valence-electron chi connectivity index (χ3n) is 3.62. The van der Waals surface area contributed by atoms with E-state index < -0.39 is 0 Å². The highest BCUT2D eigenvalue weighted by Crippen LogP contribution is 2.13. The number of likely N-dealkylation sites (N-methyl/N-ethyl adjacent to an activating group) is 1. The number of benzene rings is 1. The van der Waals surface area contributed by atoms with E-state index in [1.807, 2.05) is 20.9 Å². The Morgan fingerprint density at radius 1 is 1.03 bits per heavy atom. The highest BCUT2D eigenvalue weighted by molar-refractivity contribution is 5.94. The lowest BCUT2D eigenvalue weighted by atomic mass is 10.2. The molecule has 0 saturated carbocycles. The molecule has 0 heterocycles. The van der Waals surface area contributed by atoms with Gasteiger partial charge in [-0.15, -0.1) is 0 Å². The first-order chi connectivity index (χ1) is 14.5. The standard InChI is InChI=1S/C22H33N3O5/c1-18(2)6-5-9-24-21(26)17-29-13-12-28-14-15-30-20-8-4-7-19(16-20)22(27)25-11-10-23-3/h4,7-8,16,18,23H,9-15,17H2,1-3H3,(H,24,26)(H,25,27). The van der Waals surface area contributed by atoms with E-state index in [2.05, 4.69) is 27.8 Å². The summed E-state index contributed by atoms with van der Waals surface area (Å²) in [7, 11) is 1.83. The molecule has 0 fully saturated rings. The van der Waals surface area contributed by atoms with Gasteiger partial charge in [0.1, 0.15) is 19.0 Å². The molecular weight excluding hydrogens is 386 g/mol. The number of carbonyl (C=O) groups is 2. The van der Waals surface area contributed by atoms with Gasteiger partial charge in [0, 0.05) is 24.6 Å². The molecule has 30 heavy (non-hydrogen) atoms. The van der Waals surface area contributed by atoms with E-state index in [9.17, 15) is 9.59 Å². The van der Waals surface area contributed by atoms with Crippen LogP contribution in [0.15, 0.2) is 24.3 Å². The lowest BCUT2D eigenvalue weighted by Gasteiger charge is -2.09. The first kappa shape index (κ1) is 25.4. The molecule has 0 atom stereocenters. The summed E-state index contributed by atoms with van der Waals surface area (Å²) in [6.45, 7) is 6.95. The molecule has 0 aliphatic carbocycles. The molecule has 0 aliphatic heterocycles. The van der Waals surface area contributed by atoms with Gasteiger partial charge in [0.15, 0.2) is 0 Å². The van der Waals surface area contributed by atoms with Crippen LogP contribution in [-0.2, 0) is 14.3 Å². The molecule has 0 radical (unpaired) electrons. The van der Waals surface area contributed by atoms with Gasteiger partial charge in [-0.3, -0.25) is 9.59 Å². The average molecular weight is 420 g/mol. The van der Waals surface area contributed by atoms with E-state index in [1.165, 1.54) is 0 Å². The molecule has 3 N–H and O–H groups in total. The Bertz CT molecular complexity index is 698. The van der Waals surface area contributed by atoms with Crippen molar-refractivity contribution in [3.8, 4) is 17.6 Å². The van der Waals surface area contributed by atoms with Crippen molar-refractivity contribution in [2.24, 2.45) is 5.92 Å². The maximum Gasteiger partial charge on any atom is 0.251 e. The van der Waals surface area contributed by atoms with E-state index in [0.717, 1.165) is 0 Å². The summed E-state index contributed by atoms with van der Waals surface area (Å²) >= 11 is 0. The van der Waals surface area contributed by atoms with Crippen LogP contribution in [-0.4, -0.2) is 71.5 Å². The average Bonchev–Trinajstić information content (AvgIpc) is 2.73. The van der Waals surface area contributed by atoms with Crippen LogP contribution in [0.4, 0.5) is 0 Å². The van der Waals surface area contributed by atoms with Crippen LogP contribution in [0.2, 0.25) is 0 Å². The van der Waals surface area contributed by atoms with E-state index in [0.29, 0.717) is 57.4 Å². The van der Waals surface area contributed by atoms with E-state index >= 15 is 0 Å². The normalized spacial score (nSPS) is 10.3. The van der Waals surface area contributed by atoms with Gasteiger partial charge in [-0.05, 0) is 25.2 Å². The summed E-state index contributed by atoms with van der Waals surface area (Å²) in [5, 5.41) is 8.45. The summed E-state index contributed by atoms with van der Waals surface area (Å²) in [5.41, 5.74) is 0.548. The molecule has 8 heteroatoms. The van der Waals surface area contributed by atoms with Crippen molar-refractivity contribution >= 4 is 11.8 Å². The number of nitrogens with one attached hydrogen (secondary N) is 3. The van der Waals surface area contributed by atoms with E-state index in [-0.39, 0.29) is 24.3 Å². The second-order valence-electron chi connectivity index (χ2n) is 6.65. The van der Waals surface area contributed by atoms with Gasteiger partial charge in [0.2, 0.25) is 5.91 Å². The third-order valence-corrected chi connectivity index (χ3v) is 3.62. The fourth-order valence-electron chi connectivity index (χ4n) is 2.18. The monoisotopic (exact) mass is 419 g/mol. The summed E-state index contributed by atoms with van der Waals surface area (Å²) < 4.78 is 16.3. The molecular formula is C22H33N3O5. The molecule has 1 rings (SSSR count). The van der Waals surface area contributed by atoms with Crippen molar-refractivity contribution in [3.05, 3.63) is 29.8 Å². The Kier molecular flexibility index (Phi) is 13.8. The summed E-state index contributed by atoms with van der Waals surface area (Å²) in [6, 6.07) is 7.00. The molecule has 1 aromatic carbocycles. The number of hydrogen-bond acceptors (Lipinski definition) is 6. The Labute approximate surface area is 179 Å². The minimum Gasteiger partial charge on any atom is -0.491 e. The number of carbonyl (C=O) groups excluding carboxylic acids is 2. The highest BCUT2D eigenvalue weighted by Gasteiger charge is 2.06. The Balaban J connectivity index is 2.09. The van der Waals surface area contributed by atoms with Crippen LogP contribution in [0.25, 0.3) is 0 Å². The highest BCUT2D eigenvalue weighted by atomic mass is 16.5. The molecule has 0 aromatic heterocycles. The second-order valence-corrected chi connectivity index (χ2v) is 6.65. The summed E-state index contributed by atoms with van der Waals surface area (Å²) in [5.74, 6) is 6.39. The fraction of sp³-hybridized carbons (Fsp3) is 0.545. The van der Waals surface area contributed by atoms with Gasteiger partial charge >= 0.3 is 0 Å². The molecule has 8 nitrogen and oxygen atoms in total. The van der Waals surface area contributed by atoms with Crippen LogP contribution >= 0.6 is 0 Å². The molecule has 0 spiro atoms. The SMILES string of the molecule is CNCCNC(=O)c1cccc(OCCOCCOCC(=O)NCC#CC(C)C)c1. The first-order valence-corrected chi connectivity index (χ1v) is 10.1. The third kappa shape index (κ3) is 12.8.